The molecule has 3 aromatic rings. The van der Waals surface area contributed by atoms with Gasteiger partial charge < -0.3 is 24.3 Å². The van der Waals surface area contributed by atoms with Crippen molar-refractivity contribution in [2.24, 2.45) is 0 Å². The normalized spacial score (nSPS) is 20.8. The number of halogens is 1. The zero-order valence-electron chi connectivity index (χ0n) is 23.9. The standard InChI is InChI=1S/C31H35FN8O2/c1-4-27(41)40-13-12-39(18-22(40)16-33-2)30-24-14-26(32)28(25-17-34-15-20-8-5-6-10-23(20)25)35-29(24)36-31(37-30)42-19-21-9-7-11-38(21)3/h4,14-15,17,21-22H,1,5-13,16,18-19H2,3H3/t21-,22-/m0/s1. The van der Waals surface area contributed by atoms with Crippen molar-refractivity contribution in [3.63, 3.8) is 0 Å². The summed E-state index contributed by atoms with van der Waals surface area (Å²) in [6, 6.07) is 1.54. The van der Waals surface area contributed by atoms with E-state index in [1.807, 2.05) is 11.1 Å². The SMILES string of the molecule is [C-]#[N+]C[C@H]1CN(c2nc(OC[C@@H]3CCCN3C)nc3nc(-c4cncc5c4CCCC5)c(F)cc23)CCN1C(=O)C=C. The van der Waals surface area contributed by atoms with E-state index in [2.05, 4.69) is 33.3 Å². The van der Waals surface area contributed by atoms with E-state index in [0.717, 1.165) is 56.2 Å². The van der Waals surface area contributed by atoms with Gasteiger partial charge in [0.05, 0.1) is 5.39 Å². The Morgan fingerprint density at radius 3 is 2.81 bits per heavy atom. The van der Waals surface area contributed by atoms with E-state index in [4.69, 9.17) is 21.3 Å². The van der Waals surface area contributed by atoms with E-state index in [1.165, 1.54) is 12.1 Å². The van der Waals surface area contributed by atoms with Crippen LogP contribution < -0.4 is 9.64 Å². The van der Waals surface area contributed by atoms with Gasteiger partial charge in [0.25, 0.3) is 0 Å². The number of likely N-dealkylation sites (tertiary alicyclic amines) is 1. The Morgan fingerprint density at radius 2 is 2.02 bits per heavy atom. The highest BCUT2D eigenvalue weighted by atomic mass is 19.1. The van der Waals surface area contributed by atoms with Crippen LogP contribution in [-0.4, -0.2) is 94.1 Å². The van der Waals surface area contributed by atoms with Gasteiger partial charge in [0.1, 0.15) is 30.0 Å². The fourth-order valence-electron chi connectivity index (χ4n) is 6.43. The van der Waals surface area contributed by atoms with Crippen molar-refractivity contribution in [1.82, 2.24) is 29.7 Å². The number of carbonyl (C=O) groups is 1. The maximum atomic E-state index is 15.9. The van der Waals surface area contributed by atoms with E-state index >= 15 is 4.39 Å². The molecule has 42 heavy (non-hydrogen) atoms. The number of anilines is 1. The van der Waals surface area contributed by atoms with Crippen LogP contribution in [-0.2, 0) is 17.6 Å². The Balaban J connectivity index is 1.42. The molecule has 0 N–H and O–H groups in total. The Hall–Kier alpha value is -4.17. The van der Waals surface area contributed by atoms with Crippen LogP contribution in [0.15, 0.2) is 31.1 Å². The number of likely N-dealkylation sites (N-methyl/N-ethyl adjacent to an activating group) is 1. The topological polar surface area (TPSA) is 91.9 Å². The predicted molar refractivity (Wildman–Crippen MR) is 158 cm³/mol. The van der Waals surface area contributed by atoms with Crippen molar-refractivity contribution >= 4 is 22.8 Å². The van der Waals surface area contributed by atoms with Crippen molar-refractivity contribution in [3.8, 4) is 17.3 Å². The zero-order valence-corrected chi connectivity index (χ0v) is 23.9. The van der Waals surface area contributed by atoms with Gasteiger partial charge in [0.15, 0.2) is 5.65 Å². The predicted octanol–water partition coefficient (Wildman–Crippen LogP) is 3.70. The van der Waals surface area contributed by atoms with E-state index in [1.54, 1.807) is 11.1 Å². The molecule has 218 valence electrons. The summed E-state index contributed by atoms with van der Waals surface area (Å²) >= 11 is 0. The number of nitrogens with zero attached hydrogens (tertiary/aromatic N) is 8. The minimum Gasteiger partial charge on any atom is -0.462 e. The molecule has 0 bridgehead atoms. The van der Waals surface area contributed by atoms with Crippen LogP contribution in [0.3, 0.4) is 0 Å². The molecule has 0 radical (unpaired) electrons. The molecule has 2 aliphatic heterocycles. The smallest absolute Gasteiger partial charge is 0.320 e. The monoisotopic (exact) mass is 570 g/mol. The molecular formula is C31H35FN8O2. The molecule has 2 saturated heterocycles. The van der Waals surface area contributed by atoms with Crippen LogP contribution in [0, 0.1) is 12.4 Å². The van der Waals surface area contributed by atoms with Gasteiger partial charge in [0.2, 0.25) is 12.5 Å². The van der Waals surface area contributed by atoms with Gasteiger partial charge in [-0.05, 0) is 75.4 Å². The second-order valence-electron chi connectivity index (χ2n) is 11.3. The van der Waals surface area contributed by atoms with Crippen molar-refractivity contribution < 1.29 is 13.9 Å². The third-order valence-corrected chi connectivity index (χ3v) is 8.74. The number of hydrogen-bond acceptors (Lipinski definition) is 8. The highest BCUT2D eigenvalue weighted by Gasteiger charge is 2.34. The van der Waals surface area contributed by atoms with Gasteiger partial charge in [-0.2, -0.15) is 9.97 Å². The van der Waals surface area contributed by atoms with E-state index in [9.17, 15) is 4.79 Å². The highest BCUT2D eigenvalue weighted by Crippen LogP contribution is 2.35. The maximum Gasteiger partial charge on any atom is 0.320 e. The number of amides is 1. The number of pyridine rings is 2. The fraction of sp³-hybridized carbons (Fsp3) is 0.484. The van der Waals surface area contributed by atoms with E-state index in [0.29, 0.717) is 48.7 Å². The Labute approximate surface area is 245 Å². The Morgan fingerprint density at radius 1 is 1.17 bits per heavy atom. The number of rotatable bonds is 7. The number of aromatic nitrogens is 4. The first-order valence-electron chi connectivity index (χ1n) is 14.7. The van der Waals surface area contributed by atoms with E-state index in [-0.39, 0.29) is 36.2 Å². The summed E-state index contributed by atoms with van der Waals surface area (Å²) in [4.78, 5) is 40.6. The summed E-state index contributed by atoms with van der Waals surface area (Å²) in [6.07, 6.45) is 10.9. The largest absolute Gasteiger partial charge is 0.462 e. The minimum absolute atomic E-state index is 0.138. The van der Waals surface area contributed by atoms with Gasteiger partial charge in [-0.25, -0.2) is 15.9 Å². The second kappa shape index (κ2) is 12.0. The summed E-state index contributed by atoms with van der Waals surface area (Å²) in [6.45, 7) is 13.8. The second-order valence-corrected chi connectivity index (χ2v) is 11.3. The van der Waals surface area contributed by atoms with Gasteiger partial charge in [0, 0.05) is 43.6 Å². The highest BCUT2D eigenvalue weighted by molar-refractivity contribution is 5.90. The van der Waals surface area contributed by atoms with Crippen LogP contribution in [0.25, 0.3) is 27.1 Å². The van der Waals surface area contributed by atoms with Gasteiger partial charge >= 0.3 is 6.01 Å². The number of piperazine rings is 1. The molecule has 10 nitrogen and oxygen atoms in total. The van der Waals surface area contributed by atoms with Crippen LogP contribution in [0.2, 0.25) is 0 Å². The molecule has 6 rings (SSSR count). The summed E-state index contributed by atoms with van der Waals surface area (Å²) in [5.41, 5.74) is 3.52. The van der Waals surface area contributed by atoms with Crippen LogP contribution in [0.5, 0.6) is 6.01 Å². The maximum absolute atomic E-state index is 15.9. The van der Waals surface area contributed by atoms with Crippen molar-refractivity contribution in [3.05, 3.63) is 59.5 Å². The van der Waals surface area contributed by atoms with Crippen LogP contribution in [0.4, 0.5) is 10.2 Å². The number of aryl methyl sites for hydroxylation is 1. The molecule has 0 saturated carbocycles. The molecule has 2 fully saturated rings. The Kier molecular flexibility index (Phi) is 7.98. The first kappa shape index (κ1) is 28.0. The summed E-state index contributed by atoms with van der Waals surface area (Å²) in [5.74, 6) is -0.188. The summed E-state index contributed by atoms with van der Waals surface area (Å²) in [7, 11) is 2.08. The first-order valence-corrected chi connectivity index (χ1v) is 14.7. The first-order chi connectivity index (χ1) is 20.5. The zero-order chi connectivity index (χ0) is 29.2. The lowest BCUT2D eigenvalue weighted by Crippen LogP contribution is -2.56. The van der Waals surface area contributed by atoms with Crippen LogP contribution in [0.1, 0.15) is 36.8 Å². The third kappa shape index (κ3) is 5.39. The number of carbonyl (C=O) groups excluding carboxylic acids is 1. The van der Waals surface area contributed by atoms with Gasteiger partial charge in [-0.3, -0.25) is 9.78 Å². The average Bonchev–Trinajstić information content (AvgIpc) is 3.43. The summed E-state index contributed by atoms with van der Waals surface area (Å²) < 4.78 is 22.1. The lowest BCUT2D eigenvalue weighted by Gasteiger charge is -2.39. The molecule has 0 spiro atoms. The van der Waals surface area contributed by atoms with Gasteiger partial charge in [-0.1, -0.05) is 6.58 Å². The minimum atomic E-state index is -0.465. The molecule has 5 heterocycles. The average molecular weight is 571 g/mol. The summed E-state index contributed by atoms with van der Waals surface area (Å²) in [5, 5.41) is 0.462. The molecule has 1 amide bonds. The molecule has 1 aliphatic carbocycles. The lowest BCUT2D eigenvalue weighted by atomic mass is 9.89. The molecule has 0 unspecified atom stereocenters. The van der Waals surface area contributed by atoms with Crippen LogP contribution >= 0.6 is 0 Å². The van der Waals surface area contributed by atoms with Gasteiger partial charge in [-0.15, -0.1) is 0 Å². The van der Waals surface area contributed by atoms with E-state index < -0.39 is 5.82 Å². The fourth-order valence-corrected chi connectivity index (χ4v) is 6.43. The Bertz CT molecular complexity index is 1560. The molecular weight excluding hydrogens is 535 g/mol. The number of fused-ring (bicyclic) bond motifs is 2. The number of hydrogen-bond donors (Lipinski definition) is 0. The third-order valence-electron chi connectivity index (χ3n) is 8.74. The lowest BCUT2D eigenvalue weighted by molar-refractivity contribution is -0.128. The number of ether oxygens (including phenoxy) is 1. The van der Waals surface area contributed by atoms with Crippen molar-refractivity contribution in [2.45, 2.75) is 50.6 Å². The van der Waals surface area contributed by atoms with Crippen molar-refractivity contribution in [1.29, 1.82) is 0 Å². The molecule has 2 atom stereocenters. The molecule has 3 aliphatic rings. The molecule has 11 heteroatoms. The molecule has 0 aromatic carbocycles. The quantitative estimate of drug-likeness (QED) is 0.314. The van der Waals surface area contributed by atoms with Crippen molar-refractivity contribution in [2.75, 3.05) is 51.3 Å². The molecule has 3 aromatic heterocycles.